The summed E-state index contributed by atoms with van der Waals surface area (Å²) in [7, 11) is 0. The molecule has 88 valence electrons. The van der Waals surface area contributed by atoms with Crippen LogP contribution in [-0.2, 0) is 9.59 Å². The fourth-order valence-corrected chi connectivity index (χ4v) is 1.02. The highest BCUT2D eigenvalue weighted by atomic mass is 16.4. The summed E-state index contributed by atoms with van der Waals surface area (Å²) in [6, 6.07) is 5.23. The molecule has 0 spiro atoms. The molecule has 1 aromatic carbocycles. The lowest BCUT2D eigenvalue weighted by molar-refractivity contribution is -0.297. The Morgan fingerprint density at radius 1 is 1.00 bits per heavy atom. The third-order valence-corrected chi connectivity index (χ3v) is 1.76. The van der Waals surface area contributed by atoms with Gasteiger partial charge < -0.3 is 25.1 Å². The molecule has 0 aliphatic rings. The Balaban J connectivity index is 2.66. The van der Waals surface area contributed by atoms with Gasteiger partial charge in [0.1, 0.15) is 0 Å². The second kappa shape index (κ2) is 5.45. The van der Waals surface area contributed by atoms with Crippen molar-refractivity contribution < 1.29 is 24.6 Å². The normalized spacial score (nSPS) is 10.1. The van der Waals surface area contributed by atoms with Crippen LogP contribution in [0.3, 0.4) is 0 Å². The third kappa shape index (κ3) is 4.17. The monoisotopic (exact) mass is 233 g/mol. The van der Waals surface area contributed by atoms with Crippen LogP contribution in [0.4, 0.5) is 5.69 Å². The van der Waals surface area contributed by atoms with Gasteiger partial charge in [0.2, 0.25) is 5.91 Å². The van der Waals surface area contributed by atoms with Gasteiger partial charge >= 0.3 is 0 Å². The van der Waals surface area contributed by atoms with E-state index in [1.165, 1.54) is 24.3 Å². The van der Waals surface area contributed by atoms with Crippen LogP contribution in [0.1, 0.15) is 10.4 Å². The Morgan fingerprint density at radius 2 is 1.59 bits per heavy atom. The number of hydrogen-bond donors (Lipinski definition) is 1. The molecule has 1 aromatic rings. The van der Waals surface area contributed by atoms with Crippen molar-refractivity contribution in [3.8, 4) is 0 Å². The molecule has 1 amide bonds. The van der Waals surface area contributed by atoms with Crippen LogP contribution >= 0.6 is 0 Å². The van der Waals surface area contributed by atoms with E-state index in [-0.39, 0.29) is 5.56 Å². The molecule has 6 heteroatoms. The Kier molecular flexibility index (Phi) is 3.99. The van der Waals surface area contributed by atoms with Crippen molar-refractivity contribution >= 4 is 23.5 Å². The molecule has 0 aromatic heterocycles. The van der Waals surface area contributed by atoms with Crippen molar-refractivity contribution in [2.45, 2.75) is 0 Å². The van der Waals surface area contributed by atoms with Crippen molar-refractivity contribution in [1.29, 1.82) is 0 Å². The van der Waals surface area contributed by atoms with Crippen molar-refractivity contribution in [3.05, 3.63) is 42.0 Å². The van der Waals surface area contributed by atoms with Crippen molar-refractivity contribution in [1.82, 2.24) is 0 Å². The van der Waals surface area contributed by atoms with Crippen LogP contribution in [-0.4, -0.2) is 17.8 Å². The molecular weight excluding hydrogens is 226 g/mol. The van der Waals surface area contributed by atoms with Gasteiger partial charge in [-0.05, 0) is 23.8 Å². The minimum atomic E-state index is -1.48. The maximum absolute atomic E-state index is 11.1. The number of carbonyl (C=O) groups excluding carboxylic acids is 3. The summed E-state index contributed by atoms with van der Waals surface area (Å²) in [6.07, 6.45) is 1.38. The maximum atomic E-state index is 11.1. The maximum Gasteiger partial charge on any atom is 0.248 e. The average Bonchev–Trinajstić information content (AvgIpc) is 2.27. The van der Waals surface area contributed by atoms with Gasteiger partial charge in [0, 0.05) is 11.8 Å². The van der Waals surface area contributed by atoms with E-state index in [0.29, 0.717) is 11.8 Å². The van der Waals surface area contributed by atoms with Crippen LogP contribution in [0.5, 0.6) is 0 Å². The fraction of sp³-hybridized carbons (Fsp3) is 0. The number of nitrogens with one attached hydrogen (secondary N) is 1. The molecule has 0 unspecified atom stereocenters. The van der Waals surface area contributed by atoms with Crippen molar-refractivity contribution in [2.75, 3.05) is 5.32 Å². The summed E-state index contributed by atoms with van der Waals surface area (Å²) in [4.78, 5) is 31.6. The van der Waals surface area contributed by atoms with E-state index in [1.807, 2.05) is 0 Å². The molecule has 0 bridgehead atoms. The number of anilines is 1. The van der Waals surface area contributed by atoms with Crippen LogP contribution in [0.2, 0.25) is 0 Å². The quantitative estimate of drug-likeness (QED) is 0.623. The lowest BCUT2D eigenvalue weighted by Crippen LogP contribution is -2.22. The average molecular weight is 233 g/mol. The molecule has 1 N–H and O–H groups in total. The Bertz CT molecular complexity index is 475. The highest BCUT2D eigenvalue weighted by Gasteiger charge is 1.98. The number of hydrogen-bond acceptors (Lipinski definition) is 5. The standard InChI is InChI=1S/C11H9NO5/c13-9(5-6-10(14)15)12-8-3-1-7(2-4-8)11(16)17/h1-6H,(H,12,13)(H,14,15)(H,16,17)/p-2. The lowest BCUT2D eigenvalue weighted by Gasteiger charge is -2.05. The first-order valence-electron chi connectivity index (χ1n) is 4.50. The molecule has 0 aliphatic carbocycles. The molecule has 6 nitrogen and oxygen atoms in total. The number of carboxylic acids is 2. The molecule has 0 heterocycles. The Morgan fingerprint density at radius 3 is 2.06 bits per heavy atom. The van der Waals surface area contributed by atoms with E-state index in [1.54, 1.807) is 0 Å². The number of amides is 1. The second-order valence-corrected chi connectivity index (χ2v) is 3.01. The first kappa shape index (κ1) is 12.4. The van der Waals surface area contributed by atoms with Crippen molar-refractivity contribution in [3.63, 3.8) is 0 Å². The van der Waals surface area contributed by atoms with E-state index in [4.69, 9.17) is 0 Å². The highest BCUT2D eigenvalue weighted by molar-refractivity contribution is 6.02. The number of rotatable bonds is 4. The Labute approximate surface area is 96.2 Å². The number of aromatic carboxylic acids is 1. The zero-order valence-corrected chi connectivity index (χ0v) is 8.51. The fourth-order valence-electron chi connectivity index (χ4n) is 1.02. The molecule has 0 aliphatic heterocycles. The van der Waals surface area contributed by atoms with E-state index in [0.717, 1.165) is 6.08 Å². The minimum Gasteiger partial charge on any atom is -0.545 e. The van der Waals surface area contributed by atoms with Gasteiger partial charge in [-0.25, -0.2) is 0 Å². The van der Waals surface area contributed by atoms with E-state index in [9.17, 15) is 24.6 Å². The summed E-state index contributed by atoms with van der Waals surface area (Å²) < 4.78 is 0. The first-order chi connectivity index (χ1) is 7.99. The van der Waals surface area contributed by atoms with Gasteiger partial charge in [0.05, 0.1) is 11.9 Å². The number of carboxylic acid groups (broad SMARTS) is 2. The largest absolute Gasteiger partial charge is 0.545 e. The molecule has 0 saturated heterocycles. The van der Waals surface area contributed by atoms with Gasteiger partial charge in [0.15, 0.2) is 0 Å². The number of benzene rings is 1. The predicted molar refractivity (Wildman–Crippen MR) is 53.5 cm³/mol. The molecule has 1 rings (SSSR count). The van der Waals surface area contributed by atoms with E-state index in [2.05, 4.69) is 5.32 Å². The number of carbonyl (C=O) groups is 3. The summed E-state index contributed by atoms with van der Waals surface area (Å²) in [5.41, 5.74) is 0.316. The molecule has 17 heavy (non-hydrogen) atoms. The van der Waals surface area contributed by atoms with Gasteiger partial charge in [-0.1, -0.05) is 12.1 Å². The van der Waals surface area contributed by atoms with E-state index < -0.39 is 17.8 Å². The summed E-state index contributed by atoms with van der Waals surface area (Å²) in [5, 5.41) is 22.8. The first-order valence-corrected chi connectivity index (χ1v) is 4.50. The van der Waals surface area contributed by atoms with Gasteiger partial charge in [0.25, 0.3) is 0 Å². The zero-order chi connectivity index (χ0) is 12.8. The van der Waals surface area contributed by atoms with Crippen LogP contribution in [0, 0.1) is 0 Å². The molecule has 0 atom stereocenters. The van der Waals surface area contributed by atoms with Crippen LogP contribution in [0.15, 0.2) is 36.4 Å². The highest BCUT2D eigenvalue weighted by Crippen LogP contribution is 2.08. The van der Waals surface area contributed by atoms with Crippen molar-refractivity contribution in [2.24, 2.45) is 0 Å². The second-order valence-electron chi connectivity index (χ2n) is 3.01. The minimum absolute atomic E-state index is 0.0201. The molecule has 0 fully saturated rings. The summed E-state index contributed by atoms with van der Waals surface area (Å²) in [5.74, 6) is -3.46. The Hall–Kier alpha value is -2.63. The van der Waals surface area contributed by atoms with Crippen LogP contribution < -0.4 is 15.5 Å². The third-order valence-electron chi connectivity index (χ3n) is 1.76. The van der Waals surface area contributed by atoms with Gasteiger partial charge in [-0.15, -0.1) is 0 Å². The van der Waals surface area contributed by atoms with Gasteiger partial charge in [-0.3, -0.25) is 4.79 Å². The smallest absolute Gasteiger partial charge is 0.248 e. The molecular formula is C11H7NO5-2. The van der Waals surface area contributed by atoms with Crippen LogP contribution in [0.25, 0.3) is 0 Å². The molecule has 0 saturated carbocycles. The SMILES string of the molecule is O=C([O-])C=CC(=O)Nc1ccc(C(=O)[O-])cc1. The molecule has 0 radical (unpaired) electrons. The van der Waals surface area contributed by atoms with Gasteiger partial charge in [-0.2, -0.15) is 0 Å². The number of aliphatic carboxylic acids is 1. The van der Waals surface area contributed by atoms with E-state index >= 15 is 0 Å². The zero-order valence-electron chi connectivity index (χ0n) is 8.51. The topological polar surface area (TPSA) is 109 Å². The summed E-state index contributed by atoms with van der Waals surface area (Å²) in [6.45, 7) is 0. The summed E-state index contributed by atoms with van der Waals surface area (Å²) >= 11 is 0. The lowest BCUT2D eigenvalue weighted by atomic mass is 10.2. The predicted octanol–water partition coefficient (Wildman–Crippen LogP) is -1.71.